The van der Waals surface area contributed by atoms with E-state index in [4.69, 9.17) is 21.1 Å². The molecule has 2 rings (SSSR count). The number of nitrogens with zero attached hydrogens (tertiary/aromatic N) is 1. The second kappa shape index (κ2) is 7.72. The quantitative estimate of drug-likeness (QED) is 0.722. The Morgan fingerprint density at radius 1 is 1.08 bits per heavy atom. The lowest BCUT2D eigenvalue weighted by molar-refractivity contribution is 0.353. The van der Waals surface area contributed by atoms with Crippen LogP contribution in [0.15, 0.2) is 39.7 Å². The van der Waals surface area contributed by atoms with Gasteiger partial charge in [-0.1, -0.05) is 11.6 Å². The van der Waals surface area contributed by atoms with Crippen LogP contribution in [0.4, 0.5) is 11.4 Å². The molecule has 136 valence electrons. The highest BCUT2D eigenvalue weighted by Gasteiger charge is 2.23. The molecule has 0 amide bonds. The van der Waals surface area contributed by atoms with Crippen LogP contribution < -0.4 is 19.1 Å². The summed E-state index contributed by atoms with van der Waals surface area (Å²) in [6, 6.07) is 7.93. The largest absolute Gasteiger partial charge is 0.493 e. The Hall–Kier alpha value is -1.64. The highest BCUT2D eigenvalue weighted by atomic mass is 79.9. The Labute approximate surface area is 160 Å². The van der Waals surface area contributed by atoms with Crippen LogP contribution in [-0.2, 0) is 10.0 Å². The SMILES string of the molecule is COc1cc(Br)c(S(=O)(=O)Nc2cc(Cl)ccc2N(C)C)cc1OC. The predicted octanol–water partition coefficient (Wildman–Crippen LogP) is 3.99. The topological polar surface area (TPSA) is 67.9 Å². The fraction of sp³-hybridized carbons (Fsp3) is 0.250. The van der Waals surface area contributed by atoms with Crippen molar-refractivity contribution in [2.24, 2.45) is 0 Å². The first-order valence-electron chi connectivity index (χ1n) is 7.11. The van der Waals surface area contributed by atoms with Crippen molar-refractivity contribution < 1.29 is 17.9 Å². The number of anilines is 2. The zero-order chi connectivity index (χ0) is 18.8. The number of hydrogen-bond donors (Lipinski definition) is 1. The van der Waals surface area contributed by atoms with E-state index in [1.807, 2.05) is 14.1 Å². The molecule has 0 saturated heterocycles. The molecule has 0 unspecified atom stereocenters. The van der Waals surface area contributed by atoms with Crippen molar-refractivity contribution in [3.63, 3.8) is 0 Å². The van der Waals surface area contributed by atoms with Crippen molar-refractivity contribution >= 4 is 48.9 Å². The van der Waals surface area contributed by atoms with E-state index in [-0.39, 0.29) is 4.90 Å². The third-order valence-electron chi connectivity index (χ3n) is 3.41. The summed E-state index contributed by atoms with van der Waals surface area (Å²) in [5.41, 5.74) is 1.06. The van der Waals surface area contributed by atoms with Gasteiger partial charge in [0.05, 0.1) is 25.6 Å². The molecule has 0 aliphatic carbocycles. The third-order valence-corrected chi connectivity index (χ3v) is 5.97. The van der Waals surface area contributed by atoms with E-state index >= 15 is 0 Å². The first kappa shape index (κ1) is 19.7. The first-order valence-corrected chi connectivity index (χ1v) is 9.76. The van der Waals surface area contributed by atoms with Gasteiger partial charge in [0, 0.05) is 29.7 Å². The normalized spacial score (nSPS) is 11.1. The molecule has 25 heavy (non-hydrogen) atoms. The maximum Gasteiger partial charge on any atom is 0.263 e. The summed E-state index contributed by atoms with van der Waals surface area (Å²) in [5.74, 6) is 0.732. The molecule has 1 N–H and O–H groups in total. The Morgan fingerprint density at radius 2 is 1.68 bits per heavy atom. The van der Waals surface area contributed by atoms with Crippen LogP contribution >= 0.6 is 27.5 Å². The van der Waals surface area contributed by atoms with Gasteiger partial charge in [-0.3, -0.25) is 4.72 Å². The molecule has 2 aromatic rings. The number of methoxy groups -OCH3 is 2. The number of nitrogens with one attached hydrogen (secondary N) is 1. The molecule has 0 heterocycles. The van der Waals surface area contributed by atoms with E-state index in [9.17, 15) is 8.42 Å². The van der Waals surface area contributed by atoms with E-state index < -0.39 is 10.0 Å². The average Bonchev–Trinajstić information content (AvgIpc) is 2.53. The van der Waals surface area contributed by atoms with E-state index in [2.05, 4.69) is 20.7 Å². The second-order valence-electron chi connectivity index (χ2n) is 5.30. The van der Waals surface area contributed by atoms with Crippen molar-refractivity contribution in [3.8, 4) is 11.5 Å². The van der Waals surface area contributed by atoms with E-state index in [1.165, 1.54) is 26.4 Å². The molecule has 0 aromatic heterocycles. The lowest BCUT2D eigenvalue weighted by atomic mass is 10.2. The molecular formula is C16H18BrClN2O4S. The fourth-order valence-electron chi connectivity index (χ4n) is 2.22. The maximum absolute atomic E-state index is 12.9. The molecule has 0 aliphatic rings. The van der Waals surface area contributed by atoms with Gasteiger partial charge in [-0.2, -0.15) is 0 Å². The Balaban J connectivity index is 2.53. The minimum absolute atomic E-state index is 0.0230. The molecule has 0 atom stereocenters. The van der Waals surface area contributed by atoms with Crippen LogP contribution in [0.25, 0.3) is 0 Å². The molecule has 9 heteroatoms. The number of halogens is 2. The van der Waals surface area contributed by atoms with E-state index in [1.54, 1.807) is 23.1 Å². The number of ether oxygens (including phenoxy) is 2. The van der Waals surface area contributed by atoms with Crippen molar-refractivity contribution in [1.29, 1.82) is 0 Å². The number of benzene rings is 2. The van der Waals surface area contributed by atoms with Crippen LogP contribution in [0, 0.1) is 0 Å². The number of rotatable bonds is 6. The zero-order valence-electron chi connectivity index (χ0n) is 14.1. The summed E-state index contributed by atoms with van der Waals surface area (Å²) < 4.78 is 39.0. The summed E-state index contributed by atoms with van der Waals surface area (Å²) in [6.07, 6.45) is 0. The van der Waals surface area contributed by atoms with Crippen molar-refractivity contribution in [3.05, 3.63) is 39.8 Å². The lowest BCUT2D eigenvalue weighted by Crippen LogP contribution is -2.17. The molecule has 6 nitrogen and oxygen atoms in total. The molecule has 0 fully saturated rings. The van der Waals surface area contributed by atoms with Gasteiger partial charge in [-0.15, -0.1) is 0 Å². The van der Waals surface area contributed by atoms with Gasteiger partial charge in [0.2, 0.25) is 0 Å². The average molecular weight is 450 g/mol. The molecular weight excluding hydrogens is 432 g/mol. The monoisotopic (exact) mass is 448 g/mol. The summed E-state index contributed by atoms with van der Waals surface area (Å²) in [4.78, 5) is 1.81. The molecule has 0 bridgehead atoms. The van der Waals surface area contributed by atoms with Crippen LogP contribution in [0.2, 0.25) is 5.02 Å². The van der Waals surface area contributed by atoms with Gasteiger partial charge in [-0.25, -0.2) is 8.42 Å². The number of hydrogen-bond acceptors (Lipinski definition) is 5. The molecule has 0 aliphatic heterocycles. The second-order valence-corrected chi connectivity index (χ2v) is 8.24. The van der Waals surface area contributed by atoms with Gasteiger partial charge >= 0.3 is 0 Å². The standard InChI is InChI=1S/C16H18BrClN2O4S/c1-20(2)13-6-5-10(18)7-12(13)19-25(21,22)16-9-15(24-4)14(23-3)8-11(16)17/h5-9,19H,1-4H3. The minimum Gasteiger partial charge on any atom is -0.493 e. The smallest absolute Gasteiger partial charge is 0.263 e. The van der Waals surface area contributed by atoms with Crippen LogP contribution in [0.3, 0.4) is 0 Å². The Kier molecular flexibility index (Phi) is 6.08. The molecule has 0 spiro atoms. The lowest BCUT2D eigenvalue weighted by Gasteiger charge is -2.19. The van der Waals surface area contributed by atoms with Crippen LogP contribution in [-0.4, -0.2) is 36.7 Å². The van der Waals surface area contributed by atoms with Crippen molar-refractivity contribution in [1.82, 2.24) is 0 Å². The van der Waals surface area contributed by atoms with Gasteiger partial charge in [0.25, 0.3) is 10.0 Å². The predicted molar refractivity (Wildman–Crippen MR) is 104 cm³/mol. The van der Waals surface area contributed by atoms with Gasteiger partial charge < -0.3 is 14.4 Å². The summed E-state index contributed by atoms with van der Waals surface area (Å²) in [5, 5.41) is 0.426. The van der Waals surface area contributed by atoms with Gasteiger partial charge in [0.1, 0.15) is 4.90 Å². The fourth-order valence-corrected chi connectivity index (χ4v) is 4.50. The number of sulfonamides is 1. The summed E-state index contributed by atoms with van der Waals surface area (Å²) >= 11 is 9.29. The van der Waals surface area contributed by atoms with Gasteiger partial charge in [0.15, 0.2) is 11.5 Å². The molecule has 2 aromatic carbocycles. The Morgan fingerprint density at radius 3 is 2.24 bits per heavy atom. The van der Waals surface area contributed by atoms with Crippen LogP contribution in [0.5, 0.6) is 11.5 Å². The zero-order valence-corrected chi connectivity index (χ0v) is 17.3. The first-order chi connectivity index (χ1) is 11.7. The highest BCUT2D eigenvalue weighted by Crippen LogP contribution is 2.37. The van der Waals surface area contributed by atoms with Gasteiger partial charge in [-0.05, 0) is 40.2 Å². The van der Waals surface area contributed by atoms with Crippen LogP contribution in [0.1, 0.15) is 0 Å². The van der Waals surface area contributed by atoms with Crippen molar-refractivity contribution in [2.75, 3.05) is 37.9 Å². The van der Waals surface area contributed by atoms with E-state index in [0.29, 0.717) is 32.4 Å². The third kappa shape index (κ3) is 4.31. The Bertz CT molecular complexity index is 888. The minimum atomic E-state index is -3.89. The summed E-state index contributed by atoms with van der Waals surface area (Å²) in [7, 11) is 2.65. The molecule has 0 radical (unpaired) electrons. The maximum atomic E-state index is 12.9. The molecule has 0 saturated carbocycles. The van der Waals surface area contributed by atoms with E-state index in [0.717, 1.165) is 0 Å². The summed E-state index contributed by atoms with van der Waals surface area (Å²) in [6.45, 7) is 0. The highest BCUT2D eigenvalue weighted by molar-refractivity contribution is 9.10. The van der Waals surface area contributed by atoms with Crippen molar-refractivity contribution in [2.45, 2.75) is 4.90 Å².